The molecule has 1 aromatic heterocycles. The minimum absolute atomic E-state index is 0.0273. The Kier molecular flexibility index (Phi) is 4.55. The van der Waals surface area contributed by atoms with Gasteiger partial charge in [-0.2, -0.15) is 0 Å². The smallest absolute Gasteiger partial charge is 0.263 e. The summed E-state index contributed by atoms with van der Waals surface area (Å²) in [6, 6.07) is 5.12. The second-order valence-corrected chi connectivity index (χ2v) is 7.04. The van der Waals surface area contributed by atoms with Gasteiger partial charge in [0.05, 0.1) is 5.69 Å². The van der Waals surface area contributed by atoms with Gasteiger partial charge in [0, 0.05) is 22.4 Å². The number of benzene rings is 1. The van der Waals surface area contributed by atoms with Crippen LogP contribution in [0.3, 0.4) is 0 Å². The Balaban J connectivity index is 2.35. The van der Waals surface area contributed by atoms with Crippen molar-refractivity contribution in [1.29, 1.82) is 0 Å². The Bertz CT molecular complexity index is 812. The summed E-state index contributed by atoms with van der Waals surface area (Å²) in [5, 5.41) is 0. The van der Waals surface area contributed by atoms with Crippen LogP contribution in [0.5, 0.6) is 0 Å². The summed E-state index contributed by atoms with van der Waals surface area (Å²) in [5.74, 6) is -0.771. The van der Waals surface area contributed by atoms with E-state index in [-0.39, 0.29) is 15.6 Å². The van der Waals surface area contributed by atoms with Crippen LogP contribution in [0.1, 0.15) is 5.56 Å². The second kappa shape index (κ2) is 6.04. The lowest BCUT2D eigenvalue weighted by Gasteiger charge is -2.10. The molecular formula is C12H9BrFN3O2S2. The van der Waals surface area contributed by atoms with Gasteiger partial charge < -0.3 is 5.73 Å². The van der Waals surface area contributed by atoms with Crippen molar-refractivity contribution in [2.24, 2.45) is 5.73 Å². The highest BCUT2D eigenvalue weighted by Gasteiger charge is 2.17. The van der Waals surface area contributed by atoms with E-state index in [1.54, 1.807) is 0 Å². The van der Waals surface area contributed by atoms with Crippen LogP contribution in [0.4, 0.5) is 10.1 Å². The minimum atomic E-state index is -3.94. The summed E-state index contributed by atoms with van der Waals surface area (Å²) in [5.41, 5.74) is 5.50. The van der Waals surface area contributed by atoms with Gasteiger partial charge in [-0.3, -0.25) is 9.71 Å². The largest absolute Gasteiger partial charge is 0.389 e. The molecule has 21 heavy (non-hydrogen) atoms. The molecule has 0 bridgehead atoms. The summed E-state index contributed by atoms with van der Waals surface area (Å²) >= 11 is 7.85. The zero-order chi connectivity index (χ0) is 15.6. The lowest BCUT2D eigenvalue weighted by atomic mass is 10.2. The van der Waals surface area contributed by atoms with Gasteiger partial charge in [-0.05, 0) is 40.2 Å². The van der Waals surface area contributed by atoms with E-state index in [9.17, 15) is 12.8 Å². The monoisotopic (exact) mass is 389 g/mol. The van der Waals surface area contributed by atoms with E-state index in [0.717, 1.165) is 12.3 Å². The van der Waals surface area contributed by atoms with Crippen molar-refractivity contribution in [2.75, 3.05) is 4.72 Å². The lowest BCUT2D eigenvalue weighted by molar-refractivity contribution is 0.598. The maximum atomic E-state index is 13.9. The van der Waals surface area contributed by atoms with Gasteiger partial charge in [0.15, 0.2) is 0 Å². The fourth-order valence-electron chi connectivity index (χ4n) is 1.49. The summed E-state index contributed by atoms with van der Waals surface area (Å²) in [6.45, 7) is 0. The Morgan fingerprint density at radius 1 is 1.33 bits per heavy atom. The molecule has 0 unspecified atom stereocenters. The number of thiocarbonyl (C=S) groups is 1. The Labute approximate surface area is 134 Å². The molecule has 1 aromatic carbocycles. The molecule has 0 fully saturated rings. The molecule has 0 spiro atoms. The molecule has 0 aliphatic rings. The van der Waals surface area contributed by atoms with Crippen molar-refractivity contribution in [3.8, 4) is 0 Å². The topological polar surface area (TPSA) is 85.1 Å². The highest BCUT2D eigenvalue weighted by atomic mass is 79.9. The fraction of sp³-hybridized carbons (Fsp3) is 0. The first-order chi connectivity index (χ1) is 9.79. The van der Waals surface area contributed by atoms with E-state index in [0.29, 0.717) is 10.0 Å². The number of halogens is 2. The van der Waals surface area contributed by atoms with Crippen molar-refractivity contribution < 1.29 is 12.8 Å². The summed E-state index contributed by atoms with van der Waals surface area (Å²) < 4.78 is 40.8. The molecule has 0 saturated heterocycles. The van der Waals surface area contributed by atoms with Gasteiger partial charge in [-0.15, -0.1) is 0 Å². The number of pyridine rings is 1. The number of aromatic nitrogens is 1. The number of nitrogens with one attached hydrogen (secondary N) is 1. The van der Waals surface area contributed by atoms with E-state index >= 15 is 0 Å². The summed E-state index contributed by atoms with van der Waals surface area (Å²) in [7, 11) is -3.94. The first-order valence-corrected chi connectivity index (χ1v) is 8.21. The minimum Gasteiger partial charge on any atom is -0.389 e. The maximum absolute atomic E-state index is 13.9. The Hall–Kier alpha value is -1.58. The summed E-state index contributed by atoms with van der Waals surface area (Å²) in [4.78, 5) is 3.70. The SMILES string of the molecule is NC(=S)c1ccc(NS(=O)(=O)c2cncc(Br)c2)c(F)c1. The molecule has 0 aliphatic carbocycles. The van der Waals surface area contributed by atoms with Crippen molar-refractivity contribution in [3.05, 3.63) is 52.5 Å². The zero-order valence-electron chi connectivity index (χ0n) is 10.4. The van der Waals surface area contributed by atoms with Gasteiger partial charge in [0.2, 0.25) is 0 Å². The van der Waals surface area contributed by atoms with Crippen LogP contribution >= 0.6 is 28.1 Å². The van der Waals surface area contributed by atoms with Crippen LogP contribution in [0.15, 0.2) is 46.0 Å². The van der Waals surface area contributed by atoms with Crippen LogP contribution in [-0.2, 0) is 10.0 Å². The van der Waals surface area contributed by atoms with Crippen molar-refractivity contribution in [1.82, 2.24) is 4.98 Å². The van der Waals surface area contributed by atoms with Crippen molar-refractivity contribution in [2.45, 2.75) is 4.90 Å². The number of hydrogen-bond acceptors (Lipinski definition) is 4. The predicted octanol–water partition coefficient (Wildman–Crippen LogP) is 2.42. The van der Waals surface area contributed by atoms with Gasteiger partial charge in [0.25, 0.3) is 10.0 Å². The van der Waals surface area contributed by atoms with Crippen LogP contribution in [-0.4, -0.2) is 18.4 Å². The van der Waals surface area contributed by atoms with Crippen molar-refractivity contribution >= 4 is 48.8 Å². The Morgan fingerprint density at radius 3 is 2.62 bits per heavy atom. The quantitative estimate of drug-likeness (QED) is 0.784. The first kappa shape index (κ1) is 15.8. The second-order valence-electron chi connectivity index (χ2n) is 4.00. The van der Waals surface area contributed by atoms with E-state index in [2.05, 4.69) is 25.6 Å². The number of nitrogens with two attached hydrogens (primary N) is 1. The molecule has 2 aromatic rings. The first-order valence-electron chi connectivity index (χ1n) is 5.52. The molecule has 110 valence electrons. The van der Waals surface area contributed by atoms with E-state index in [4.69, 9.17) is 18.0 Å². The summed E-state index contributed by atoms with van der Waals surface area (Å²) in [6.07, 6.45) is 2.60. The normalized spacial score (nSPS) is 11.1. The predicted molar refractivity (Wildman–Crippen MR) is 85.0 cm³/mol. The Morgan fingerprint density at radius 2 is 2.05 bits per heavy atom. The molecule has 0 atom stereocenters. The number of sulfonamides is 1. The van der Waals surface area contributed by atoms with Gasteiger partial charge >= 0.3 is 0 Å². The average Bonchev–Trinajstić information content (AvgIpc) is 2.40. The number of anilines is 1. The van der Waals surface area contributed by atoms with Crippen LogP contribution < -0.4 is 10.5 Å². The molecule has 2 rings (SSSR count). The zero-order valence-corrected chi connectivity index (χ0v) is 13.6. The number of nitrogens with zero attached hydrogens (tertiary/aromatic N) is 1. The molecular weight excluding hydrogens is 381 g/mol. The third kappa shape index (κ3) is 3.74. The number of rotatable bonds is 4. The van der Waals surface area contributed by atoms with Crippen LogP contribution in [0.25, 0.3) is 0 Å². The molecule has 0 amide bonds. The molecule has 9 heteroatoms. The molecule has 0 saturated carbocycles. The molecule has 1 heterocycles. The number of hydrogen-bond donors (Lipinski definition) is 2. The van der Waals surface area contributed by atoms with Gasteiger partial charge in [0.1, 0.15) is 15.7 Å². The molecule has 3 N–H and O–H groups in total. The van der Waals surface area contributed by atoms with E-state index in [1.807, 2.05) is 0 Å². The maximum Gasteiger partial charge on any atom is 0.263 e. The molecule has 5 nitrogen and oxygen atoms in total. The highest BCUT2D eigenvalue weighted by Crippen LogP contribution is 2.21. The highest BCUT2D eigenvalue weighted by molar-refractivity contribution is 9.10. The third-order valence-corrected chi connectivity index (χ3v) is 4.49. The average molecular weight is 390 g/mol. The van der Waals surface area contributed by atoms with E-state index in [1.165, 1.54) is 24.4 Å². The lowest BCUT2D eigenvalue weighted by Crippen LogP contribution is -2.15. The van der Waals surface area contributed by atoms with E-state index < -0.39 is 15.8 Å². The standard InChI is InChI=1S/C12H9BrFN3O2S2/c13-8-4-9(6-16-5-8)21(18,19)17-11-2-1-7(12(15)20)3-10(11)14/h1-6,17H,(H2,15,20). The van der Waals surface area contributed by atoms with Crippen molar-refractivity contribution in [3.63, 3.8) is 0 Å². The van der Waals surface area contributed by atoms with Gasteiger partial charge in [-0.25, -0.2) is 12.8 Å². The van der Waals surface area contributed by atoms with Crippen LogP contribution in [0.2, 0.25) is 0 Å². The van der Waals surface area contributed by atoms with Gasteiger partial charge in [-0.1, -0.05) is 12.2 Å². The fourth-order valence-corrected chi connectivity index (χ4v) is 3.19. The third-order valence-electron chi connectivity index (χ3n) is 2.49. The molecule has 0 radical (unpaired) electrons. The molecule has 0 aliphatic heterocycles. The van der Waals surface area contributed by atoms with Crippen LogP contribution in [0, 0.1) is 5.82 Å².